The van der Waals surface area contributed by atoms with Crippen LogP contribution in [-0.2, 0) is 0 Å². The number of hydrogen-bond acceptors (Lipinski definition) is 4. The van der Waals surface area contributed by atoms with Crippen molar-refractivity contribution in [3.63, 3.8) is 0 Å². The van der Waals surface area contributed by atoms with Crippen molar-refractivity contribution in [1.82, 2.24) is 9.80 Å². The van der Waals surface area contributed by atoms with E-state index in [-0.39, 0.29) is 17.8 Å². The maximum atomic E-state index is 13.8. The fraction of sp³-hybridized carbons (Fsp3) is 0.500. The van der Waals surface area contributed by atoms with Gasteiger partial charge in [-0.3, -0.25) is 9.69 Å². The van der Waals surface area contributed by atoms with Crippen molar-refractivity contribution >= 4 is 17.2 Å². The zero-order valence-electron chi connectivity index (χ0n) is 16.3. The van der Waals surface area contributed by atoms with E-state index < -0.39 is 0 Å². The zero-order valence-corrected chi connectivity index (χ0v) is 17.1. The van der Waals surface area contributed by atoms with Crippen molar-refractivity contribution in [2.75, 3.05) is 26.2 Å². The molecule has 150 valence electrons. The smallest absolute Gasteiger partial charge is 0.263 e. The number of halogens is 1. The maximum Gasteiger partial charge on any atom is 0.263 e. The molecular weight excluding hydrogens is 375 g/mol. The standard InChI is InChI=1S/C22H27FN2O2S/c1-16-14-21(28-15-16)22(26)25-10-6-17(7-11-25)24-12-8-18(9-13-24)27-20-5-3-2-4-19(20)23/h2-5,14-15,17-18H,6-13H2,1H3. The van der Waals surface area contributed by atoms with E-state index in [9.17, 15) is 9.18 Å². The predicted octanol–water partition coefficient (Wildman–Crippen LogP) is 4.34. The van der Waals surface area contributed by atoms with Crippen molar-refractivity contribution in [3.05, 3.63) is 52.0 Å². The lowest BCUT2D eigenvalue weighted by Gasteiger charge is -2.41. The average molecular weight is 403 g/mol. The first-order valence-electron chi connectivity index (χ1n) is 10.1. The summed E-state index contributed by atoms with van der Waals surface area (Å²) in [5.74, 6) is 0.244. The Morgan fingerprint density at radius 2 is 1.82 bits per heavy atom. The van der Waals surface area contributed by atoms with E-state index in [1.807, 2.05) is 23.3 Å². The van der Waals surface area contributed by atoms with Crippen molar-refractivity contribution in [3.8, 4) is 5.75 Å². The molecule has 1 amide bonds. The van der Waals surface area contributed by atoms with Gasteiger partial charge in [0.05, 0.1) is 4.88 Å². The number of benzene rings is 1. The first kappa shape index (κ1) is 19.4. The van der Waals surface area contributed by atoms with E-state index in [1.54, 1.807) is 18.2 Å². The van der Waals surface area contributed by atoms with Gasteiger partial charge >= 0.3 is 0 Å². The van der Waals surface area contributed by atoms with Crippen LogP contribution in [0.15, 0.2) is 35.7 Å². The van der Waals surface area contributed by atoms with Crippen LogP contribution in [0.1, 0.15) is 40.9 Å². The molecule has 2 aliphatic heterocycles. The first-order valence-corrected chi connectivity index (χ1v) is 11.0. The van der Waals surface area contributed by atoms with Crippen molar-refractivity contribution in [2.24, 2.45) is 0 Å². The highest BCUT2D eigenvalue weighted by Gasteiger charge is 2.31. The highest BCUT2D eigenvalue weighted by molar-refractivity contribution is 7.12. The van der Waals surface area contributed by atoms with Crippen molar-refractivity contribution < 1.29 is 13.9 Å². The number of likely N-dealkylation sites (tertiary alicyclic amines) is 2. The number of aryl methyl sites for hydroxylation is 1. The Morgan fingerprint density at radius 3 is 2.46 bits per heavy atom. The number of hydrogen-bond donors (Lipinski definition) is 0. The van der Waals surface area contributed by atoms with Gasteiger partial charge in [-0.1, -0.05) is 12.1 Å². The molecule has 1 aromatic heterocycles. The van der Waals surface area contributed by atoms with Crippen LogP contribution in [0.2, 0.25) is 0 Å². The summed E-state index contributed by atoms with van der Waals surface area (Å²) in [5, 5.41) is 2.04. The summed E-state index contributed by atoms with van der Waals surface area (Å²) in [6.45, 7) is 5.63. The number of para-hydroxylation sites is 1. The van der Waals surface area contributed by atoms with E-state index in [1.165, 1.54) is 17.4 Å². The van der Waals surface area contributed by atoms with Crippen LogP contribution in [0.25, 0.3) is 0 Å². The van der Waals surface area contributed by atoms with Gasteiger partial charge in [0.2, 0.25) is 0 Å². The number of thiophene rings is 1. The Kier molecular flexibility index (Phi) is 5.97. The van der Waals surface area contributed by atoms with Gasteiger partial charge in [0.25, 0.3) is 5.91 Å². The summed E-state index contributed by atoms with van der Waals surface area (Å²) in [6, 6.07) is 9.14. The zero-order chi connectivity index (χ0) is 19.5. The Hall–Kier alpha value is -1.92. The molecule has 2 aromatic rings. The summed E-state index contributed by atoms with van der Waals surface area (Å²) in [7, 11) is 0. The van der Waals surface area contributed by atoms with Crippen LogP contribution < -0.4 is 4.74 Å². The second-order valence-electron chi connectivity index (χ2n) is 7.80. The fourth-order valence-electron chi connectivity index (χ4n) is 4.21. The Labute approximate surface area is 169 Å². The molecule has 3 heterocycles. The molecule has 1 aromatic carbocycles. The molecule has 2 aliphatic rings. The number of carbonyl (C=O) groups excluding carboxylic acids is 1. The summed E-state index contributed by atoms with van der Waals surface area (Å²) >= 11 is 1.54. The molecule has 0 radical (unpaired) electrons. The van der Waals surface area contributed by atoms with E-state index in [0.717, 1.165) is 62.3 Å². The number of piperidine rings is 2. The normalized spacial score (nSPS) is 19.7. The molecule has 4 nitrogen and oxygen atoms in total. The van der Waals surface area contributed by atoms with Crippen LogP contribution in [0, 0.1) is 12.7 Å². The second-order valence-corrected chi connectivity index (χ2v) is 8.71. The highest BCUT2D eigenvalue weighted by Crippen LogP contribution is 2.26. The summed E-state index contributed by atoms with van der Waals surface area (Å²) in [4.78, 5) is 18.0. The molecule has 0 bridgehead atoms. The quantitative estimate of drug-likeness (QED) is 0.763. The summed E-state index contributed by atoms with van der Waals surface area (Å²) in [5.41, 5.74) is 1.16. The highest BCUT2D eigenvalue weighted by atomic mass is 32.1. The molecule has 0 saturated carbocycles. The van der Waals surface area contributed by atoms with Crippen molar-refractivity contribution in [1.29, 1.82) is 0 Å². The Morgan fingerprint density at radius 1 is 1.11 bits per heavy atom. The molecule has 0 aliphatic carbocycles. The monoisotopic (exact) mass is 402 g/mol. The minimum atomic E-state index is -0.289. The van der Waals surface area contributed by atoms with Crippen molar-refractivity contribution in [2.45, 2.75) is 44.8 Å². The maximum absolute atomic E-state index is 13.8. The molecule has 28 heavy (non-hydrogen) atoms. The van der Waals surface area contributed by atoms with E-state index in [4.69, 9.17) is 4.74 Å². The number of ether oxygens (including phenoxy) is 1. The molecule has 4 rings (SSSR count). The third-order valence-electron chi connectivity index (χ3n) is 5.82. The number of nitrogens with zero attached hydrogens (tertiary/aromatic N) is 2. The Bertz CT molecular complexity index is 808. The first-order chi connectivity index (χ1) is 13.6. The van der Waals surface area contributed by atoms with E-state index >= 15 is 0 Å². The molecule has 6 heteroatoms. The average Bonchev–Trinajstić information content (AvgIpc) is 3.16. The lowest BCUT2D eigenvalue weighted by molar-refractivity contribution is 0.0418. The van der Waals surface area contributed by atoms with Crippen LogP contribution in [0.5, 0.6) is 5.75 Å². The van der Waals surface area contributed by atoms with Crippen LogP contribution in [-0.4, -0.2) is 54.0 Å². The fourth-order valence-corrected chi connectivity index (χ4v) is 5.08. The van der Waals surface area contributed by atoms with E-state index in [2.05, 4.69) is 4.90 Å². The van der Waals surface area contributed by atoms with Gasteiger partial charge in [0.15, 0.2) is 11.6 Å². The van der Waals surface area contributed by atoms with Gasteiger partial charge in [-0.15, -0.1) is 11.3 Å². The summed E-state index contributed by atoms with van der Waals surface area (Å²) < 4.78 is 19.6. The Balaban J connectivity index is 1.24. The molecule has 0 unspecified atom stereocenters. The summed E-state index contributed by atoms with van der Waals surface area (Å²) in [6.07, 6.45) is 3.96. The largest absolute Gasteiger partial charge is 0.487 e. The van der Waals surface area contributed by atoms with Crippen LogP contribution >= 0.6 is 11.3 Å². The van der Waals surface area contributed by atoms with Crippen LogP contribution in [0.3, 0.4) is 0 Å². The molecule has 0 N–H and O–H groups in total. The van der Waals surface area contributed by atoms with Gasteiger partial charge in [-0.05, 0) is 61.7 Å². The number of carbonyl (C=O) groups is 1. The lowest BCUT2D eigenvalue weighted by Crippen LogP contribution is -2.50. The second kappa shape index (κ2) is 8.62. The van der Waals surface area contributed by atoms with Crippen LogP contribution in [0.4, 0.5) is 4.39 Å². The third kappa shape index (κ3) is 4.39. The minimum Gasteiger partial charge on any atom is -0.487 e. The third-order valence-corrected chi connectivity index (χ3v) is 6.85. The lowest BCUT2D eigenvalue weighted by atomic mass is 9.98. The molecule has 2 fully saturated rings. The van der Waals surface area contributed by atoms with Gasteiger partial charge in [-0.2, -0.15) is 0 Å². The SMILES string of the molecule is Cc1csc(C(=O)N2CCC(N3CCC(Oc4ccccc4F)CC3)CC2)c1. The molecular formula is C22H27FN2O2S. The molecule has 0 atom stereocenters. The minimum absolute atomic E-state index is 0.0804. The molecule has 2 saturated heterocycles. The number of rotatable bonds is 4. The van der Waals surface area contributed by atoms with Gasteiger partial charge in [0.1, 0.15) is 6.10 Å². The predicted molar refractivity (Wildman–Crippen MR) is 110 cm³/mol. The van der Waals surface area contributed by atoms with Gasteiger partial charge in [-0.25, -0.2) is 4.39 Å². The molecule has 0 spiro atoms. The van der Waals surface area contributed by atoms with Gasteiger partial charge < -0.3 is 9.64 Å². The number of amides is 1. The topological polar surface area (TPSA) is 32.8 Å². The van der Waals surface area contributed by atoms with E-state index in [0.29, 0.717) is 11.8 Å². The van der Waals surface area contributed by atoms with Gasteiger partial charge in [0, 0.05) is 32.2 Å².